The molecule has 3 aliphatic carbocycles. The van der Waals surface area contributed by atoms with Gasteiger partial charge < -0.3 is 29.8 Å². The van der Waals surface area contributed by atoms with Crippen LogP contribution in [0.2, 0.25) is 20.1 Å². The molecule has 10 nitrogen and oxygen atoms in total. The maximum Gasteiger partial charge on any atom is 0.263 e. The molecule has 0 aromatic heterocycles. The van der Waals surface area contributed by atoms with Gasteiger partial charge in [0.1, 0.15) is 20.9 Å². The van der Waals surface area contributed by atoms with E-state index in [1.165, 1.54) is 24.6 Å². The Morgan fingerprint density at radius 2 is 0.886 bits per heavy atom. The molecule has 0 saturated heterocycles. The van der Waals surface area contributed by atoms with E-state index in [0.29, 0.717) is 32.2 Å². The number of allylic oxidation sites excluding steroid dienone is 2. The predicted octanol–water partition coefficient (Wildman–Crippen LogP) is 15.3. The Kier molecular flexibility index (Phi) is 16.9. The van der Waals surface area contributed by atoms with Gasteiger partial charge in [-0.1, -0.05) is 123 Å². The maximum absolute atomic E-state index is 14.5. The van der Waals surface area contributed by atoms with Crippen LogP contribution in [-0.2, 0) is 20.7 Å². The highest BCUT2D eigenvalue weighted by Gasteiger charge is 2.56. The van der Waals surface area contributed by atoms with Crippen molar-refractivity contribution in [2.75, 3.05) is 14.1 Å². The molecule has 4 aliphatic heterocycles. The molecular weight excluding hydrogens is 1110 g/mol. The largest absolute Gasteiger partial charge is 0.333 e. The Morgan fingerprint density at radius 3 is 1.20 bits per heavy atom. The minimum atomic E-state index is -0.568. The lowest BCUT2D eigenvalue weighted by Gasteiger charge is -2.48. The van der Waals surface area contributed by atoms with Gasteiger partial charge in [0.25, 0.3) is 11.8 Å². The molecule has 0 unspecified atom stereocenters. The van der Waals surface area contributed by atoms with Crippen LogP contribution < -0.4 is 5.32 Å². The summed E-state index contributed by atoms with van der Waals surface area (Å²) < 4.78 is 0. The Labute approximate surface area is 497 Å². The lowest BCUT2D eigenvalue weighted by atomic mass is 9.81. The van der Waals surface area contributed by atoms with Crippen LogP contribution in [0.5, 0.6) is 0 Å². The first kappa shape index (κ1) is 58.2. The van der Waals surface area contributed by atoms with Crippen molar-refractivity contribution < 1.29 is 9.59 Å². The topological polar surface area (TPSA) is 87.1 Å². The fourth-order valence-corrected chi connectivity index (χ4v) is 16.2. The van der Waals surface area contributed by atoms with Crippen LogP contribution in [0.25, 0.3) is 0 Å². The van der Waals surface area contributed by atoms with Crippen molar-refractivity contribution in [3.05, 3.63) is 161 Å². The SMILES string of the molecule is CC(C)C1=C(C(=O)N(C(C)C)C2CC(N(C)C3CC3)C2)SC2=N[C@@](C)(c3ccc(Cl)cc3)[C@@H](c3ccc(Cl)cc3)N21.CNC1CC(N(C(=O)C2=C(C(C)C)N3C(=N[C@@](C)(c4ccc(Cl)cc4)[C@H]3c3ccc(Cl)cc3)S2)C(C)C)C1. The van der Waals surface area contributed by atoms with E-state index in [1.807, 2.05) is 55.6 Å². The van der Waals surface area contributed by atoms with Crippen LogP contribution in [0.1, 0.15) is 142 Å². The van der Waals surface area contributed by atoms with Crippen LogP contribution >= 0.6 is 69.9 Å². The number of carbonyl (C=O) groups excluding carboxylic acids is 2. The van der Waals surface area contributed by atoms with Gasteiger partial charge in [0.2, 0.25) is 0 Å². The zero-order valence-electron chi connectivity index (χ0n) is 47.6. The number of hydrogen-bond acceptors (Lipinski definition) is 10. The Bertz CT molecular complexity index is 3060. The number of thioether (sulfide) groups is 2. The van der Waals surface area contributed by atoms with Crippen molar-refractivity contribution >= 4 is 92.1 Å². The van der Waals surface area contributed by atoms with E-state index < -0.39 is 11.1 Å². The third-order valence-electron chi connectivity index (χ3n) is 17.4. The van der Waals surface area contributed by atoms with Crippen molar-refractivity contribution in [2.24, 2.45) is 21.8 Å². The predicted molar refractivity (Wildman–Crippen MR) is 331 cm³/mol. The third kappa shape index (κ3) is 11.0. The number of rotatable bonds is 15. The second-order valence-electron chi connectivity index (χ2n) is 24.1. The van der Waals surface area contributed by atoms with Gasteiger partial charge in [-0.05, 0) is 200 Å². The molecule has 1 N–H and O–H groups in total. The minimum Gasteiger partial charge on any atom is -0.333 e. The highest BCUT2D eigenvalue weighted by atomic mass is 35.5. The summed E-state index contributed by atoms with van der Waals surface area (Å²) >= 11 is 28.2. The number of carbonyl (C=O) groups is 2. The van der Waals surface area contributed by atoms with Gasteiger partial charge >= 0.3 is 0 Å². The van der Waals surface area contributed by atoms with Crippen LogP contribution in [0.4, 0.5) is 0 Å². The van der Waals surface area contributed by atoms with Crippen LogP contribution in [-0.4, -0.2) is 103 Å². The quantitative estimate of drug-likeness (QED) is 0.126. The lowest BCUT2D eigenvalue weighted by molar-refractivity contribution is -0.134. The molecule has 4 aromatic rings. The Morgan fingerprint density at radius 1 is 0.544 bits per heavy atom. The van der Waals surface area contributed by atoms with E-state index >= 15 is 0 Å². The summed E-state index contributed by atoms with van der Waals surface area (Å²) in [7, 11) is 4.25. The number of fused-ring (bicyclic) bond motifs is 2. The molecule has 7 aliphatic rings. The number of aliphatic imine (C=N–C) groups is 2. The number of benzene rings is 4. The van der Waals surface area contributed by atoms with Gasteiger partial charge in [0.05, 0.1) is 12.1 Å². The fraction of sp³-hybridized carbons (Fsp3) is 0.492. The van der Waals surface area contributed by atoms with Crippen LogP contribution in [0.3, 0.4) is 0 Å². The van der Waals surface area contributed by atoms with Crippen molar-refractivity contribution in [3.63, 3.8) is 0 Å². The summed E-state index contributed by atoms with van der Waals surface area (Å²) in [4.78, 5) is 52.5. The Balaban J connectivity index is 0.000000179. The van der Waals surface area contributed by atoms with E-state index in [-0.39, 0.29) is 59.9 Å². The fourth-order valence-electron chi connectivity index (χ4n) is 13.0. The van der Waals surface area contributed by atoms with E-state index in [2.05, 4.69) is 155 Å². The summed E-state index contributed by atoms with van der Waals surface area (Å²) in [5.74, 6) is 0.539. The summed E-state index contributed by atoms with van der Waals surface area (Å²) in [6.45, 7) is 21.6. The molecule has 3 saturated carbocycles. The smallest absolute Gasteiger partial charge is 0.263 e. The summed E-state index contributed by atoms with van der Waals surface area (Å²) in [5.41, 5.74) is 5.36. The molecule has 4 atom stereocenters. The van der Waals surface area contributed by atoms with Gasteiger partial charge in [0.15, 0.2) is 10.3 Å². The van der Waals surface area contributed by atoms with E-state index in [0.717, 1.165) is 85.5 Å². The first-order valence-corrected chi connectivity index (χ1v) is 31.4. The molecule has 4 heterocycles. The van der Waals surface area contributed by atoms with Gasteiger partial charge in [0, 0.05) is 73.8 Å². The van der Waals surface area contributed by atoms with Crippen molar-refractivity contribution in [1.29, 1.82) is 0 Å². The van der Waals surface area contributed by atoms with Crippen LogP contribution in [0.15, 0.2) is 128 Å². The second kappa shape index (κ2) is 23.0. The first-order chi connectivity index (χ1) is 37.5. The number of hydrogen-bond donors (Lipinski definition) is 1. The standard InChI is InChI=1S/C33H40Cl2N4OS.C30H36Cl2N4OS/c1-19(2)28-29(31(40)38(20(3)4)27-17-26(18-27)37(6)25-15-16-25)41-32-36-33(5,22-9-13-24(35)14-10-22)30(39(28)32)21-7-11-23(34)12-8-21;1-17(2)25-26(28(37)35(18(3)4)24-15-23(16-24)33-6)38-29-34-30(5,20-9-13-22(32)14-10-20)27(36(25)29)19-7-11-21(31)12-8-19/h7-14,19-20,25-27,30H,15-18H2,1-6H3;7-14,17-18,23-24,27,33H,15-16H2,1-6H3/t26?,27?,30-,33+;23?,24?,27-,30+/m11/s1. The number of amidine groups is 2. The molecule has 0 spiro atoms. The number of nitrogens with zero attached hydrogens (tertiary/aromatic N) is 7. The average molecular weight is 1180 g/mol. The van der Waals surface area contributed by atoms with Crippen molar-refractivity contribution in [3.8, 4) is 0 Å². The molecule has 2 amide bonds. The van der Waals surface area contributed by atoms with Crippen LogP contribution in [0, 0.1) is 11.8 Å². The van der Waals surface area contributed by atoms with Gasteiger partial charge in [-0.15, -0.1) is 0 Å². The molecule has 3 fully saturated rings. The van der Waals surface area contributed by atoms with E-state index in [4.69, 9.17) is 56.4 Å². The van der Waals surface area contributed by atoms with Gasteiger partial charge in [-0.2, -0.15) is 0 Å². The maximum atomic E-state index is 14.5. The second-order valence-corrected chi connectivity index (χ2v) is 27.8. The average Bonchev–Trinajstić information content (AvgIpc) is 3.76. The van der Waals surface area contributed by atoms with Gasteiger partial charge in [-0.25, -0.2) is 9.98 Å². The number of halogens is 4. The monoisotopic (exact) mass is 1180 g/mol. The highest BCUT2D eigenvalue weighted by molar-refractivity contribution is 8.18. The lowest BCUT2D eigenvalue weighted by Crippen LogP contribution is -2.57. The molecule has 16 heteroatoms. The molecule has 11 rings (SSSR count). The van der Waals surface area contributed by atoms with E-state index in [9.17, 15) is 9.59 Å². The number of nitrogens with one attached hydrogen (secondary N) is 1. The molecule has 420 valence electrons. The zero-order chi connectivity index (χ0) is 56.6. The molecule has 0 bridgehead atoms. The summed E-state index contributed by atoms with van der Waals surface area (Å²) in [6.07, 6.45) is 6.71. The Hall–Kier alpha value is -3.98. The first-order valence-electron chi connectivity index (χ1n) is 28.2. The molecule has 0 radical (unpaired) electrons. The van der Waals surface area contributed by atoms with Crippen molar-refractivity contribution in [2.45, 2.75) is 173 Å². The van der Waals surface area contributed by atoms with Crippen molar-refractivity contribution in [1.82, 2.24) is 29.8 Å². The third-order valence-corrected chi connectivity index (χ3v) is 20.5. The van der Waals surface area contributed by atoms with Gasteiger partial charge in [-0.3, -0.25) is 9.59 Å². The normalized spacial score (nSPS) is 27.1. The summed E-state index contributed by atoms with van der Waals surface area (Å²) in [6, 6.07) is 34.4. The molecular formula is C63H76Cl4N8O2S2. The molecule has 4 aromatic carbocycles. The zero-order valence-corrected chi connectivity index (χ0v) is 52.3. The van der Waals surface area contributed by atoms with E-state index in [1.54, 1.807) is 11.8 Å². The molecule has 79 heavy (non-hydrogen) atoms. The minimum absolute atomic E-state index is 0.119. The highest BCUT2D eigenvalue weighted by Crippen LogP contribution is 2.59. The number of amides is 2. The summed E-state index contributed by atoms with van der Waals surface area (Å²) in [5, 5.41) is 7.90.